The molecule has 1 fully saturated rings. The number of para-hydroxylation sites is 1. The highest BCUT2D eigenvalue weighted by molar-refractivity contribution is 7.98. The van der Waals surface area contributed by atoms with Crippen molar-refractivity contribution in [2.24, 2.45) is 0 Å². The standard InChI is InChI=1S/C14H20N2O2S/c1-3-11-10-16(8-9-18-11)14(17)15-12-6-4-5-7-13(12)19-2/h4-7,11H,3,8-10H2,1-2H3,(H,15,17)/t11-/m1/s1. The number of hydrogen-bond acceptors (Lipinski definition) is 3. The Morgan fingerprint density at radius 1 is 1.53 bits per heavy atom. The third kappa shape index (κ3) is 3.64. The Morgan fingerprint density at radius 3 is 3.05 bits per heavy atom. The summed E-state index contributed by atoms with van der Waals surface area (Å²) in [6.07, 6.45) is 3.10. The Hall–Kier alpha value is -1.20. The molecule has 2 rings (SSSR count). The van der Waals surface area contributed by atoms with Crippen LogP contribution < -0.4 is 5.32 Å². The number of anilines is 1. The van der Waals surface area contributed by atoms with Crippen LogP contribution in [0.5, 0.6) is 0 Å². The molecule has 2 amide bonds. The minimum absolute atomic E-state index is 0.0387. The lowest BCUT2D eigenvalue weighted by Gasteiger charge is -2.32. The summed E-state index contributed by atoms with van der Waals surface area (Å²) in [4.78, 5) is 15.2. The summed E-state index contributed by atoms with van der Waals surface area (Å²) >= 11 is 1.63. The number of amides is 2. The molecule has 1 saturated heterocycles. The maximum Gasteiger partial charge on any atom is 0.322 e. The monoisotopic (exact) mass is 280 g/mol. The molecule has 0 spiro atoms. The number of thioether (sulfide) groups is 1. The van der Waals surface area contributed by atoms with Crippen LogP contribution in [0.3, 0.4) is 0 Å². The van der Waals surface area contributed by atoms with Crippen LogP contribution in [0, 0.1) is 0 Å². The van der Waals surface area contributed by atoms with Gasteiger partial charge in [0.1, 0.15) is 0 Å². The van der Waals surface area contributed by atoms with Gasteiger partial charge in [-0.25, -0.2) is 4.79 Å². The number of morpholine rings is 1. The summed E-state index contributed by atoms with van der Waals surface area (Å²) in [7, 11) is 0. The maximum atomic E-state index is 12.2. The van der Waals surface area contributed by atoms with Crippen LogP contribution in [-0.2, 0) is 4.74 Å². The summed E-state index contributed by atoms with van der Waals surface area (Å²) < 4.78 is 5.58. The number of carbonyl (C=O) groups is 1. The van der Waals surface area contributed by atoms with Crippen LogP contribution in [0.15, 0.2) is 29.2 Å². The van der Waals surface area contributed by atoms with E-state index in [1.807, 2.05) is 35.4 Å². The van der Waals surface area contributed by atoms with Crippen LogP contribution in [-0.4, -0.2) is 43.0 Å². The number of hydrogen-bond donors (Lipinski definition) is 1. The fourth-order valence-corrected chi connectivity index (χ4v) is 2.65. The van der Waals surface area contributed by atoms with Crippen molar-refractivity contribution < 1.29 is 9.53 Å². The van der Waals surface area contributed by atoms with Crippen molar-refractivity contribution in [1.29, 1.82) is 0 Å². The first-order valence-electron chi connectivity index (χ1n) is 6.55. The van der Waals surface area contributed by atoms with Crippen LogP contribution in [0.2, 0.25) is 0 Å². The number of benzene rings is 1. The zero-order valence-electron chi connectivity index (χ0n) is 11.4. The zero-order valence-corrected chi connectivity index (χ0v) is 12.2. The lowest BCUT2D eigenvalue weighted by molar-refractivity contribution is -0.0134. The molecule has 0 radical (unpaired) electrons. The largest absolute Gasteiger partial charge is 0.375 e. The second-order valence-electron chi connectivity index (χ2n) is 4.48. The molecule has 0 bridgehead atoms. The molecule has 1 aliphatic heterocycles. The summed E-state index contributed by atoms with van der Waals surface area (Å²) in [6.45, 7) is 4.03. The minimum atomic E-state index is -0.0387. The Bertz CT molecular complexity index is 439. The smallest absolute Gasteiger partial charge is 0.322 e. The number of nitrogens with one attached hydrogen (secondary N) is 1. The van der Waals surface area contributed by atoms with E-state index in [4.69, 9.17) is 4.74 Å². The molecule has 104 valence electrons. The molecule has 1 N–H and O–H groups in total. The molecule has 4 nitrogen and oxygen atoms in total. The normalized spacial score (nSPS) is 19.3. The third-order valence-electron chi connectivity index (χ3n) is 3.23. The van der Waals surface area contributed by atoms with E-state index in [1.54, 1.807) is 11.8 Å². The summed E-state index contributed by atoms with van der Waals surface area (Å²) in [6, 6.07) is 7.81. The average molecular weight is 280 g/mol. The maximum absolute atomic E-state index is 12.2. The van der Waals surface area contributed by atoms with E-state index in [-0.39, 0.29) is 12.1 Å². The van der Waals surface area contributed by atoms with Gasteiger partial charge < -0.3 is 15.0 Å². The summed E-state index contributed by atoms with van der Waals surface area (Å²) in [5.41, 5.74) is 0.875. The first kappa shape index (κ1) is 14.2. The first-order valence-corrected chi connectivity index (χ1v) is 7.77. The Labute approximate surface area is 118 Å². The first-order chi connectivity index (χ1) is 9.24. The third-order valence-corrected chi connectivity index (χ3v) is 4.03. The molecule has 0 unspecified atom stereocenters. The van der Waals surface area contributed by atoms with Crippen LogP contribution in [0.4, 0.5) is 10.5 Å². The van der Waals surface area contributed by atoms with Crippen LogP contribution in [0.1, 0.15) is 13.3 Å². The average Bonchev–Trinajstić information content (AvgIpc) is 2.47. The van der Waals surface area contributed by atoms with E-state index in [0.29, 0.717) is 19.7 Å². The van der Waals surface area contributed by atoms with Crippen molar-refractivity contribution in [2.75, 3.05) is 31.3 Å². The van der Waals surface area contributed by atoms with Crippen molar-refractivity contribution in [3.05, 3.63) is 24.3 Å². The predicted molar refractivity (Wildman–Crippen MR) is 78.8 cm³/mol. The molecule has 1 aromatic carbocycles. The van der Waals surface area contributed by atoms with Gasteiger partial charge in [-0.15, -0.1) is 11.8 Å². The summed E-state index contributed by atoms with van der Waals surface area (Å²) in [5, 5.41) is 2.99. The molecule has 0 aliphatic carbocycles. The van der Waals surface area contributed by atoms with Crippen LogP contribution in [0.25, 0.3) is 0 Å². The van der Waals surface area contributed by atoms with Crippen molar-refractivity contribution in [3.63, 3.8) is 0 Å². The Morgan fingerprint density at radius 2 is 2.32 bits per heavy atom. The zero-order chi connectivity index (χ0) is 13.7. The molecule has 1 aromatic rings. The van der Waals surface area contributed by atoms with Gasteiger partial charge >= 0.3 is 6.03 Å². The van der Waals surface area contributed by atoms with Gasteiger partial charge in [0.05, 0.1) is 18.4 Å². The fraction of sp³-hybridized carbons (Fsp3) is 0.500. The quantitative estimate of drug-likeness (QED) is 0.865. The molecular weight excluding hydrogens is 260 g/mol. The molecule has 1 heterocycles. The van der Waals surface area contributed by atoms with Crippen molar-refractivity contribution in [2.45, 2.75) is 24.3 Å². The number of ether oxygens (including phenoxy) is 1. The van der Waals surface area contributed by atoms with E-state index in [1.165, 1.54) is 0 Å². The van der Waals surface area contributed by atoms with Crippen molar-refractivity contribution in [3.8, 4) is 0 Å². The highest BCUT2D eigenvalue weighted by Crippen LogP contribution is 2.25. The van der Waals surface area contributed by atoms with Crippen molar-refractivity contribution in [1.82, 2.24) is 4.90 Å². The molecule has 5 heteroatoms. The number of rotatable bonds is 3. The van der Waals surface area contributed by atoms with E-state index < -0.39 is 0 Å². The predicted octanol–water partition coefficient (Wildman–Crippen LogP) is 3.05. The van der Waals surface area contributed by atoms with Gasteiger partial charge in [0.15, 0.2) is 0 Å². The van der Waals surface area contributed by atoms with Gasteiger partial charge in [-0.3, -0.25) is 0 Å². The number of carbonyl (C=O) groups excluding carboxylic acids is 1. The van der Waals surface area contributed by atoms with Gasteiger partial charge in [0, 0.05) is 18.0 Å². The second kappa shape index (κ2) is 6.82. The van der Waals surface area contributed by atoms with Gasteiger partial charge in [-0.1, -0.05) is 19.1 Å². The second-order valence-corrected chi connectivity index (χ2v) is 5.33. The topological polar surface area (TPSA) is 41.6 Å². The van der Waals surface area contributed by atoms with E-state index in [9.17, 15) is 4.79 Å². The Kier molecular flexibility index (Phi) is 5.10. The fourth-order valence-electron chi connectivity index (χ4n) is 2.09. The molecule has 0 aromatic heterocycles. The highest BCUT2D eigenvalue weighted by Gasteiger charge is 2.23. The molecule has 1 aliphatic rings. The van der Waals surface area contributed by atoms with Gasteiger partial charge in [0.25, 0.3) is 0 Å². The van der Waals surface area contributed by atoms with Crippen molar-refractivity contribution >= 4 is 23.5 Å². The van der Waals surface area contributed by atoms with E-state index >= 15 is 0 Å². The van der Waals surface area contributed by atoms with E-state index in [2.05, 4.69) is 12.2 Å². The van der Waals surface area contributed by atoms with Gasteiger partial charge in [-0.05, 0) is 24.8 Å². The molecule has 1 atom stereocenters. The number of nitrogens with zero attached hydrogens (tertiary/aromatic N) is 1. The molecule has 19 heavy (non-hydrogen) atoms. The lowest BCUT2D eigenvalue weighted by atomic mass is 10.2. The van der Waals surface area contributed by atoms with Gasteiger partial charge in [0.2, 0.25) is 0 Å². The van der Waals surface area contributed by atoms with E-state index in [0.717, 1.165) is 17.0 Å². The summed E-state index contributed by atoms with van der Waals surface area (Å²) in [5.74, 6) is 0. The molecular formula is C14H20N2O2S. The number of urea groups is 1. The minimum Gasteiger partial charge on any atom is -0.375 e. The highest BCUT2D eigenvalue weighted by atomic mass is 32.2. The molecule has 0 saturated carbocycles. The SMILES string of the molecule is CC[C@@H]1CN(C(=O)Nc2ccccc2SC)CCO1. The van der Waals surface area contributed by atoms with Gasteiger partial charge in [-0.2, -0.15) is 0 Å². The Balaban J connectivity index is 2.00. The van der Waals surface area contributed by atoms with Crippen LogP contribution >= 0.6 is 11.8 Å². The lowest BCUT2D eigenvalue weighted by Crippen LogP contribution is -2.47.